The van der Waals surface area contributed by atoms with E-state index in [2.05, 4.69) is 22.0 Å². The number of hydrogen-bond acceptors (Lipinski definition) is 3. The van der Waals surface area contributed by atoms with Gasteiger partial charge in [0.25, 0.3) is 0 Å². The van der Waals surface area contributed by atoms with Gasteiger partial charge in [0.2, 0.25) is 0 Å². The lowest BCUT2D eigenvalue weighted by Gasteiger charge is -2.24. The smallest absolute Gasteiger partial charge is 0.321 e. The molecule has 0 unspecified atom stereocenters. The zero-order valence-electron chi connectivity index (χ0n) is 16.6. The van der Waals surface area contributed by atoms with Gasteiger partial charge in [0.15, 0.2) is 6.17 Å². The molecule has 1 fully saturated rings. The summed E-state index contributed by atoms with van der Waals surface area (Å²) in [7, 11) is 0. The molecule has 2 amide bonds. The van der Waals surface area contributed by atoms with Crippen LogP contribution in [0, 0.1) is 12.8 Å². The van der Waals surface area contributed by atoms with Crippen molar-refractivity contribution in [2.24, 2.45) is 10.9 Å². The summed E-state index contributed by atoms with van der Waals surface area (Å²) < 4.78 is 0. The van der Waals surface area contributed by atoms with Crippen LogP contribution in [0.3, 0.4) is 0 Å². The van der Waals surface area contributed by atoms with Gasteiger partial charge in [0, 0.05) is 22.9 Å². The Labute approximate surface area is 177 Å². The number of benzene rings is 2. The van der Waals surface area contributed by atoms with Gasteiger partial charge < -0.3 is 16.0 Å². The molecule has 0 saturated heterocycles. The number of anilines is 2. The molecule has 1 atom stereocenters. The van der Waals surface area contributed by atoms with Crippen LogP contribution in [0.2, 0.25) is 0 Å². The number of aryl methyl sites for hydroxylation is 1. The van der Waals surface area contributed by atoms with E-state index in [0.29, 0.717) is 10.9 Å². The number of aliphatic imine (C=N–C) groups is 1. The quantitative estimate of drug-likeness (QED) is 0.609. The van der Waals surface area contributed by atoms with Crippen molar-refractivity contribution in [2.45, 2.75) is 45.2 Å². The van der Waals surface area contributed by atoms with Gasteiger partial charge in [-0.3, -0.25) is 4.99 Å². The predicted octanol–water partition coefficient (Wildman–Crippen LogP) is 5.27. The molecule has 2 aromatic rings. The summed E-state index contributed by atoms with van der Waals surface area (Å²) in [6.07, 6.45) is 5.37. The lowest BCUT2D eigenvalue weighted by atomic mass is 9.83. The summed E-state index contributed by atoms with van der Waals surface area (Å²) in [5, 5.41) is 9.11. The van der Waals surface area contributed by atoms with E-state index in [4.69, 9.17) is 17.2 Å². The maximum absolute atomic E-state index is 12.6. The maximum Gasteiger partial charge on any atom is 0.321 e. The third kappa shape index (κ3) is 4.65. The average molecular weight is 407 g/mol. The highest BCUT2D eigenvalue weighted by atomic mass is 32.1. The number of nitrogens with zero attached hydrogens (tertiary/aromatic N) is 1. The van der Waals surface area contributed by atoms with Crippen molar-refractivity contribution in [1.82, 2.24) is 5.32 Å². The second kappa shape index (κ2) is 8.74. The van der Waals surface area contributed by atoms with Gasteiger partial charge in [-0.05, 0) is 43.5 Å². The Morgan fingerprint density at radius 1 is 1.10 bits per heavy atom. The van der Waals surface area contributed by atoms with Crippen LogP contribution in [0.15, 0.2) is 53.5 Å². The SMILES string of the molecule is Cc1cccc(NC(=O)N[C@@H]2N=C(C3CCCCC3)c3ccccc3NC2=S)c1. The minimum Gasteiger partial charge on any atom is -0.346 e. The van der Waals surface area contributed by atoms with Gasteiger partial charge in [0.05, 0.1) is 5.71 Å². The summed E-state index contributed by atoms with van der Waals surface area (Å²) in [5.74, 6) is 0.400. The Hall–Kier alpha value is -2.73. The third-order valence-corrected chi connectivity index (χ3v) is 5.84. The zero-order valence-corrected chi connectivity index (χ0v) is 17.4. The van der Waals surface area contributed by atoms with Crippen LogP contribution >= 0.6 is 12.2 Å². The van der Waals surface area contributed by atoms with Crippen molar-refractivity contribution in [1.29, 1.82) is 0 Å². The Morgan fingerprint density at radius 2 is 1.90 bits per heavy atom. The maximum atomic E-state index is 12.6. The number of benzodiazepines with no additional fused rings is 1. The molecule has 3 N–H and O–H groups in total. The molecule has 5 nitrogen and oxygen atoms in total. The Bertz CT molecular complexity index is 949. The molecular weight excluding hydrogens is 380 g/mol. The van der Waals surface area contributed by atoms with Crippen LogP contribution in [0.25, 0.3) is 0 Å². The minimum atomic E-state index is -0.598. The van der Waals surface area contributed by atoms with E-state index in [1.54, 1.807) is 0 Å². The number of fused-ring (bicyclic) bond motifs is 1. The number of carbonyl (C=O) groups is 1. The highest BCUT2D eigenvalue weighted by Crippen LogP contribution is 2.32. The van der Waals surface area contributed by atoms with E-state index < -0.39 is 6.17 Å². The van der Waals surface area contributed by atoms with Crippen LogP contribution in [0.4, 0.5) is 16.2 Å². The van der Waals surface area contributed by atoms with Crippen LogP contribution in [-0.2, 0) is 0 Å². The van der Waals surface area contributed by atoms with Gasteiger partial charge in [-0.25, -0.2) is 4.79 Å². The summed E-state index contributed by atoms with van der Waals surface area (Å²) >= 11 is 5.59. The molecule has 150 valence electrons. The van der Waals surface area contributed by atoms with Crippen LogP contribution in [0.1, 0.15) is 43.2 Å². The van der Waals surface area contributed by atoms with Gasteiger partial charge in [-0.15, -0.1) is 0 Å². The van der Waals surface area contributed by atoms with E-state index >= 15 is 0 Å². The highest BCUT2D eigenvalue weighted by molar-refractivity contribution is 7.80. The predicted molar refractivity (Wildman–Crippen MR) is 123 cm³/mol. The summed E-state index contributed by atoms with van der Waals surface area (Å²) in [6, 6.07) is 15.5. The fraction of sp³-hybridized carbons (Fsp3) is 0.348. The first-order chi connectivity index (χ1) is 14.1. The molecule has 2 aliphatic rings. The van der Waals surface area contributed by atoms with Gasteiger partial charge in [-0.1, -0.05) is 61.8 Å². The van der Waals surface area contributed by atoms with E-state index in [9.17, 15) is 4.79 Å². The fourth-order valence-corrected chi connectivity index (χ4v) is 4.32. The number of para-hydroxylation sites is 1. The van der Waals surface area contributed by atoms with Gasteiger partial charge >= 0.3 is 6.03 Å². The van der Waals surface area contributed by atoms with E-state index in [-0.39, 0.29) is 6.03 Å². The molecule has 0 radical (unpaired) electrons. The third-order valence-electron chi connectivity index (χ3n) is 5.51. The molecule has 1 heterocycles. The van der Waals surface area contributed by atoms with E-state index in [1.807, 2.05) is 49.4 Å². The van der Waals surface area contributed by atoms with E-state index in [1.165, 1.54) is 19.3 Å². The summed E-state index contributed by atoms with van der Waals surface area (Å²) in [5.41, 5.74) is 4.93. The molecule has 4 rings (SSSR count). The molecule has 1 saturated carbocycles. The fourth-order valence-electron chi connectivity index (χ4n) is 4.10. The van der Waals surface area contributed by atoms with Gasteiger partial charge in [-0.2, -0.15) is 0 Å². The van der Waals surface area contributed by atoms with Gasteiger partial charge in [0.1, 0.15) is 4.99 Å². The zero-order chi connectivity index (χ0) is 20.2. The molecule has 1 aliphatic heterocycles. The van der Waals surface area contributed by atoms with E-state index in [0.717, 1.165) is 41.1 Å². The lowest BCUT2D eigenvalue weighted by molar-refractivity contribution is 0.251. The first-order valence-electron chi connectivity index (χ1n) is 10.2. The number of hydrogen-bond donors (Lipinski definition) is 3. The molecule has 0 aromatic heterocycles. The number of urea groups is 1. The lowest BCUT2D eigenvalue weighted by Crippen LogP contribution is -2.43. The highest BCUT2D eigenvalue weighted by Gasteiger charge is 2.28. The normalized spacial score (nSPS) is 19.4. The standard InChI is InChI=1S/C23H26N4OS/c1-15-8-7-11-17(14-15)24-23(28)27-21-22(29)25-19-13-6-5-12-18(19)20(26-21)16-9-3-2-4-10-16/h5-8,11-14,16,21H,2-4,9-10H2,1H3,(H,25,29)(H2,24,27,28)/t21-/m0/s1. The number of nitrogens with one attached hydrogen (secondary N) is 3. The number of thiocarbonyl (C=S) groups is 1. The molecule has 6 heteroatoms. The van der Waals surface area contributed by atoms with Crippen molar-refractivity contribution in [2.75, 3.05) is 10.6 Å². The van der Waals surface area contributed by atoms with Crippen molar-refractivity contribution in [3.05, 3.63) is 59.7 Å². The largest absolute Gasteiger partial charge is 0.346 e. The van der Waals surface area contributed by atoms with Crippen LogP contribution < -0.4 is 16.0 Å². The monoisotopic (exact) mass is 406 g/mol. The minimum absolute atomic E-state index is 0.317. The van der Waals surface area contributed by atoms with Crippen molar-refractivity contribution in [3.63, 3.8) is 0 Å². The molecule has 1 aliphatic carbocycles. The second-order valence-electron chi connectivity index (χ2n) is 7.75. The Kier molecular flexibility index (Phi) is 5.90. The number of amides is 2. The van der Waals surface area contributed by atoms with Crippen molar-refractivity contribution in [3.8, 4) is 0 Å². The van der Waals surface area contributed by atoms with Crippen LogP contribution in [0.5, 0.6) is 0 Å². The number of rotatable bonds is 3. The second-order valence-corrected chi connectivity index (χ2v) is 8.19. The molecular formula is C23H26N4OS. The summed E-state index contributed by atoms with van der Waals surface area (Å²) in [6.45, 7) is 1.99. The molecule has 29 heavy (non-hydrogen) atoms. The van der Waals surface area contributed by atoms with Crippen molar-refractivity contribution < 1.29 is 4.79 Å². The van der Waals surface area contributed by atoms with Crippen LogP contribution in [-0.4, -0.2) is 22.9 Å². The first-order valence-corrected chi connectivity index (χ1v) is 10.6. The van der Waals surface area contributed by atoms with Crippen molar-refractivity contribution >= 4 is 40.3 Å². The topological polar surface area (TPSA) is 65.5 Å². The molecule has 0 bridgehead atoms. The Balaban J connectivity index is 1.59. The first kappa shape index (κ1) is 19.6. The Morgan fingerprint density at radius 3 is 2.69 bits per heavy atom. The number of carbonyl (C=O) groups excluding carboxylic acids is 1. The summed E-state index contributed by atoms with van der Waals surface area (Å²) in [4.78, 5) is 18.1. The average Bonchev–Trinajstić information content (AvgIpc) is 2.85. The molecule has 0 spiro atoms. The molecule has 2 aromatic carbocycles.